The van der Waals surface area contributed by atoms with E-state index in [0.717, 1.165) is 23.2 Å². The minimum absolute atomic E-state index is 0.0508. The van der Waals surface area contributed by atoms with Gasteiger partial charge in [0.25, 0.3) is 5.91 Å². The topological polar surface area (TPSA) is 71.2 Å². The molecular weight excluding hydrogens is 272 g/mol. The smallest absolute Gasteiger partial charge is 0.251 e. The Bertz CT molecular complexity index is 608. The van der Waals surface area contributed by atoms with E-state index in [4.69, 9.17) is 5.73 Å². The molecule has 0 saturated heterocycles. The number of aromatic nitrogens is 1. The molecule has 3 N–H and O–H groups in total. The second-order valence-corrected chi connectivity index (χ2v) is 6.26. The predicted molar refractivity (Wildman–Crippen MR) is 84.1 cm³/mol. The second-order valence-electron chi connectivity index (χ2n) is 5.20. The third-order valence-corrected chi connectivity index (χ3v) is 3.90. The molecule has 0 saturated carbocycles. The van der Waals surface area contributed by atoms with Crippen LogP contribution in [0.3, 0.4) is 0 Å². The zero-order valence-corrected chi connectivity index (χ0v) is 12.8. The predicted octanol–water partition coefficient (Wildman–Crippen LogP) is 1.95. The van der Waals surface area contributed by atoms with Crippen molar-refractivity contribution in [3.05, 3.63) is 23.8 Å². The van der Waals surface area contributed by atoms with Gasteiger partial charge in [-0.25, -0.2) is 4.98 Å². The van der Waals surface area contributed by atoms with Crippen LogP contribution in [0, 0.1) is 0 Å². The fourth-order valence-corrected chi connectivity index (χ4v) is 2.69. The van der Waals surface area contributed by atoms with Gasteiger partial charge in [0.2, 0.25) is 0 Å². The number of benzene rings is 1. The number of thiazole rings is 1. The molecule has 0 bridgehead atoms. The van der Waals surface area contributed by atoms with Crippen LogP contribution in [0.5, 0.6) is 0 Å². The molecule has 0 aliphatic heterocycles. The lowest BCUT2D eigenvalue weighted by Gasteiger charge is -2.16. The molecule has 2 rings (SSSR count). The van der Waals surface area contributed by atoms with Gasteiger partial charge in [-0.3, -0.25) is 4.79 Å². The third-order valence-electron chi connectivity index (χ3n) is 3.05. The molecule has 1 heterocycles. The van der Waals surface area contributed by atoms with Gasteiger partial charge >= 0.3 is 0 Å². The first-order valence-corrected chi connectivity index (χ1v) is 7.39. The van der Waals surface area contributed by atoms with Gasteiger partial charge in [0.1, 0.15) is 0 Å². The standard InChI is InChI=1S/C14H20N4OS/c1-9(6-7-18(2)3)16-13(19)10-4-5-11-12(8-10)20-14(15)17-11/h4-5,8-9H,6-7H2,1-3H3,(H2,15,17)(H,16,19). The number of nitrogens with two attached hydrogens (primary N) is 1. The van der Waals surface area contributed by atoms with Crippen LogP contribution in [-0.4, -0.2) is 42.5 Å². The van der Waals surface area contributed by atoms with E-state index in [-0.39, 0.29) is 11.9 Å². The van der Waals surface area contributed by atoms with E-state index in [0.29, 0.717) is 10.7 Å². The molecule has 0 spiro atoms. The van der Waals surface area contributed by atoms with Gasteiger partial charge in [-0.05, 0) is 52.2 Å². The van der Waals surface area contributed by atoms with Crippen LogP contribution in [0.15, 0.2) is 18.2 Å². The Labute approximate surface area is 122 Å². The summed E-state index contributed by atoms with van der Waals surface area (Å²) in [5, 5.41) is 3.54. The quantitative estimate of drug-likeness (QED) is 0.883. The molecule has 20 heavy (non-hydrogen) atoms. The van der Waals surface area contributed by atoms with Crippen molar-refractivity contribution in [3.63, 3.8) is 0 Å². The van der Waals surface area contributed by atoms with Crippen LogP contribution in [0.4, 0.5) is 5.13 Å². The number of carbonyl (C=O) groups excluding carboxylic acids is 1. The lowest BCUT2D eigenvalue weighted by atomic mass is 10.1. The number of hydrogen-bond acceptors (Lipinski definition) is 5. The van der Waals surface area contributed by atoms with Gasteiger partial charge in [-0.2, -0.15) is 0 Å². The minimum Gasteiger partial charge on any atom is -0.375 e. The van der Waals surface area contributed by atoms with Crippen molar-refractivity contribution in [2.75, 3.05) is 26.4 Å². The van der Waals surface area contributed by atoms with Gasteiger partial charge in [0.05, 0.1) is 10.2 Å². The van der Waals surface area contributed by atoms with Crippen LogP contribution < -0.4 is 11.1 Å². The summed E-state index contributed by atoms with van der Waals surface area (Å²) in [6, 6.07) is 5.61. The monoisotopic (exact) mass is 292 g/mol. The first-order valence-electron chi connectivity index (χ1n) is 6.57. The Morgan fingerprint density at radius 1 is 1.50 bits per heavy atom. The largest absolute Gasteiger partial charge is 0.375 e. The van der Waals surface area contributed by atoms with Crippen molar-refractivity contribution in [1.29, 1.82) is 0 Å². The Balaban J connectivity index is 2.03. The van der Waals surface area contributed by atoms with Crippen LogP contribution in [0.25, 0.3) is 10.2 Å². The molecule has 1 unspecified atom stereocenters. The van der Waals surface area contributed by atoms with Crippen LogP contribution in [0.2, 0.25) is 0 Å². The molecule has 1 amide bonds. The fourth-order valence-electron chi connectivity index (χ4n) is 1.91. The SMILES string of the molecule is CC(CCN(C)C)NC(=O)c1ccc2nc(N)sc2c1. The molecular formula is C14H20N4OS. The van der Waals surface area contributed by atoms with Crippen molar-refractivity contribution in [2.45, 2.75) is 19.4 Å². The maximum absolute atomic E-state index is 12.2. The summed E-state index contributed by atoms with van der Waals surface area (Å²) in [7, 11) is 4.05. The van der Waals surface area contributed by atoms with E-state index >= 15 is 0 Å². The number of nitrogen functional groups attached to an aromatic ring is 1. The average molecular weight is 292 g/mol. The first-order chi connectivity index (χ1) is 9.45. The van der Waals surface area contributed by atoms with Gasteiger partial charge in [0.15, 0.2) is 5.13 Å². The number of carbonyl (C=O) groups is 1. The zero-order valence-electron chi connectivity index (χ0n) is 12.0. The molecule has 0 fully saturated rings. The highest BCUT2D eigenvalue weighted by Gasteiger charge is 2.11. The number of anilines is 1. The normalized spacial score (nSPS) is 12.8. The zero-order chi connectivity index (χ0) is 14.7. The average Bonchev–Trinajstić information content (AvgIpc) is 2.75. The Hall–Kier alpha value is -1.66. The first kappa shape index (κ1) is 14.7. The van der Waals surface area contributed by atoms with Gasteiger partial charge < -0.3 is 16.0 Å². The summed E-state index contributed by atoms with van der Waals surface area (Å²) in [6.07, 6.45) is 0.925. The number of amides is 1. The highest BCUT2D eigenvalue weighted by Crippen LogP contribution is 2.24. The van der Waals surface area contributed by atoms with Crippen LogP contribution in [-0.2, 0) is 0 Å². The summed E-state index contributed by atoms with van der Waals surface area (Å²) in [6.45, 7) is 2.97. The van der Waals surface area contributed by atoms with E-state index < -0.39 is 0 Å². The molecule has 2 aromatic rings. The van der Waals surface area contributed by atoms with Crippen molar-refractivity contribution in [3.8, 4) is 0 Å². The molecule has 0 radical (unpaired) electrons. The second kappa shape index (κ2) is 6.19. The molecule has 1 atom stereocenters. The van der Waals surface area contributed by atoms with Gasteiger partial charge in [-0.1, -0.05) is 11.3 Å². The number of hydrogen-bond donors (Lipinski definition) is 2. The molecule has 6 heteroatoms. The number of fused-ring (bicyclic) bond motifs is 1. The van der Waals surface area contributed by atoms with Crippen molar-refractivity contribution in [1.82, 2.24) is 15.2 Å². The number of nitrogens with one attached hydrogen (secondary N) is 1. The van der Waals surface area contributed by atoms with Gasteiger partial charge in [0, 0.05) is 11.6 Å². The molecule has 1 aromatic carbocycles. The maximum atomic E-state index is 12.2. The Kier molecular flexibility index (Phi) is 4.57. The molecule has 108 valence electrons. The highest BCUT2D eigenvalue weighted by atomic mass is 32.1. The van der Waals surface area contributed by atoms with E-state index in [9.17, 15) is 4.79 Å². The lowest BCUT2D eigenvalue weighted by Crippen LogP contribution is -2.34. The summed E-state index contributed by atoms with van der Waals surface area (Å²) in [5.41, 5.74) is 7.16. The van der Waals surface area contributed by atoms with E-state index in [2.05, 4.69) is 15.2 Å². The van der Waals surface area contributed by atoms with E-state index in [1.165, 1.54) is 11.3 Å². The summed E-state index contributed by atoms with van der Waals surface area (Å²) in [5.74, 6) is -0.0508. The fraction of sp³-hybridized carbons (Fsp3) is 0.429. The minimum atomic E-state index is -0.0508. The molecule has 0 aliphatic rings. The Morgan fingerprint density at radius 2 is 2.25 bits per heavy atom. The van der Waals surface area contributed by atoms with E-state index in [1.54, 1.807) is 6.07 Å². The van der Waals surface area contributed by atoms with Crippen molar-refractivity contribution < 1.29 is 4.79 Å². The summed E-state index contributed by atoms with van der Waals surface area (Å²) >= 11 is 1.40. The summed E-state index contributed by atoms with van der Waals surface area (Å²) < 4.78 is 0.941. The number of nitrogens with zero attached hydrogens (tertiary/aromatic N) is 2. The summed E-state index contributed by atoms with van der Waals surface area (Å²) in [4.78, 5) is 18.5. The Morgan fingerprint density at radius 3 is 2.95 bits per heavy atom. The van der Waals surface area contributed by atoms with Gasteiger partial charge in [-0.15, -0.1) is 0 Å². The third kappa shape index (κ3) is 3.68. The van der Waals surface area contributed by atoms with Crippen molar-refractivity contribution >= 4 is 32.6 Å². The molecule has 0 aliphatic carbocycles. The van der Waals surface area contributed by atoms with Crippen LogP contribution >= 0.6 is 11.3 Å². The molecule has 1 aromatic heterocycles. The lowest BCUT2D eigenvalue weighted by molar-refractivity contribution is 0.0937. The highest BCUT2D eigenvalue weighted by molar-refractivity contribution is 7.22. The van der Waals surface area contributed by atoms with E-state index in [1.807, 2.05) is 33.2 Å². The van der Waals surface area contributed by atoms with Crippen molar-refractivity contribution in [2.24, 2.45) is 0 Å². The number of rotatable bonds is 5. The molecule has 5 nitrogen and oxygen atoms in total. The maximum Gasteiger partial charge on any atom is 0.251 e. The van der Waals surface area contributed by atoms with Crippen LogP contribution in [0.1, 0.15) is 23.7 Å².